The fourth-order valence-electron chi connectivity index (χ4n) is 1.28. The van der Waals surface area contributed by atoms with Crippen LogP contribution >= 0.6 is 34.5 Å². The van der Waals surface area contributed by atoms with Crippen molar-refractivity contribution in [3.8, 4) is 0 Å². The Morgan fingerprint density at radius 2 is 2.15 bits per heavy atom. The topological polar surface area (TPSA) is 26.0 Å². The second-order valence-corrected chi connectivity index (χ2v) is 4.69. The van der Waals surface area contributed by atoms with Crippen molar-refractivity contribution >= 4 is 50.3 Å². The fourth-order valence-corrected chi connectivity index (χ4v) is 2.94. The van der Waals surface area contributed by atoms with Crippen LogP contribution in [0.25, 0.3) is 10.1 Å². The van der Waals surface area contributed by atoms with E-state index in [4.69, 9.17) is 28.9 Å². The summed E-state index contributed by atoms with van der Waals surface area (Å²) in [6.45, 7) is 0. The van der Waals surface area contributed by atoms with E-state index in [1.165, 1.54) is 11.3 Å². The minimum absolute atomic E-state index is 0.431. The van der Waals surface area contributed by atoms with E-state index >= 15 is 0 Å². The Hall–Kier alpha value is -0.440. The van der Waals surface area contributed by atoms with Gasteiger partial charge in [-0.15, -0.1) is 22.9 Å². The summed E-state index contributed by atoms with van der Waals surface area (Å²) in [6.07, 6.45) is 0. The van der Waals surface area contributed by atoms with Crippen LogP contribution in [0.15, 0.2) is 18.2 Å². The van der Waals surface area contributed by atoms with Crippen molar-refractivity contribution in [2.75, 3.05) is 5.73 Å². The molecule has 0 saturated carbocycles. The minimum Gasteiger partial charge on any atom is -0.398 e. The zero-order chi connectivity index (χ0) is 9.42. The Kier molecular flexibility index (Phi) is 2.37. The van der Waals surface area contributed by atoms with Gasteiger partial charge in [-0.1, -0.05) is 17.7 Å². The largest absolute Gasteiger partial charge is 0.398 e. The molecule has 0 radical (unpaired) electrons. The van der Waals surface area contributed by atoms with E-state index in [-0.39, 0.29) is 0 Å². The molecule has 2 aromatic rings. The molecular formula is C9H7Cl2NS. The minimum atomic E-state index is 0.431. The monoisotopic (exact) mass is 231 g/mol. The number of hydrogen-bond donors (Lipinski definition) is 1. The van der Waals surface area contributed by atoms with Gasteiger partial charge in [-0.25, -0.2) is 0 Å². The van der Waals surface area contributed by atoms with Crippen LogP contribution < -0.4 is 5.73 Å². The fraction of sp³-hybridized carbons (Fsp3) is 0.111. The van der Waals surface area contributed by atoms with Crippen molar-refractivity contribution in [3.05, 3.63) is 28.1 Å². The molecule has 68 valence electrons. The van der Waals surface area contributed by atoms with Crippen LogP contribution in [0.3, 0.4) is 0 Å². The van der Waals surface area contributed by atoms with Gasteiger partial charge in [-0.05, 0) is 17.5 Å². The third-order valence-corrected chi connectivity index (χ3v) is 3.54. The van der Waals surface area contributed by atoms with E-state index in [0.717, 1.165) is 25.7 Å². The number of halogens is 2. The molecule has 0 aliphatic carbocycles. The first kappa shape index (κ1) is 9.13. The molecule has 2 rings (SSSR count). The molecule has 0 atom stereocenters. The Bertz CT molecular complexity index is 450. The van der Waals surface area contributed by atoms with Crippen LogP contribution in [0.4, 0.5) is 5.69 Å². The number of anilines is 1. The Morgan fingerprint density at radius 1 is 1.38 bits per heavy atom. The van der Waals surface area contributed by atoms with E-state index in [2.05, 4.69) is 0 Å². The molecule has 2 N–H and O–H groups in total. The lowest BCUT2D eigenvalue weighted by atomic mass is 10.1. The first-order chi connectivity index (χ1) is 6.22. The highest BCUT2D eigenvalue weighted by atomic mass is 35.5. The molecule has 0 fully saturated rings. The van der Waals surface area contributed by atoms with Crippen molar-refractivity contribution in [2.24, 2.45) is 0 Å². The highest BCUT2D eigenvalue weighted by Crippen LogP contribution is 2.35. The number of rotatable bonds is 1. The average Bonchev–Trinajstić information content (AvgIpc) is 2.45. The molecular weight excluding hydrogens is 225 g/mol. The van der Waals surface area contributed by atoms with Crippen LogP contribution in [0.1, 0.15) is 5.56 Å². The maximum Gasteiger partial charge on any atom is 0.0941 e. The van der Waals surface area contributed by atoms with Crippen LogP contribution in [-0.2, 0) is 5.88 Å². The van der Waals surface area contributed by atoms with Crippen molar-refractivity contribution in [2.45, 2.75) is 5.88 Å². The molecule has 0 amide bonds. The maximum absolute atomic E-state index is 5.90. The Morgan fingerprint density at radius 3 is 2.85 bits per heavy atom. The molecule has 0 aliphatic rings. The summed E-state index contributed by atoms with van der Waals surface area (Å²) < 4.78 is 1.87. The number of nitrogens with two attached hydrogens (primary N) is 1. The summed E-state index contributed by atoms with van der Waals surface area (Å²) in [4.78, 5) is 0. The number of hydrogen-bond acceptors (Lipinski definition) is 2. The van der Waals surface area contributed by atoms with Crippen LogP contribution in [0.2, 0.25) is 4.34 Å². The lowest BCUT2D eigenvalue weighted by Gasteiger charge is -2.01. The van der Waals surface area contributed by atoms with Gasteiger partial charge < -0.3 is 5.73 Å². The van der Waals surface area contributed by atoms with E-state index < -0.39 is 0 Å². The van der Waals surface area contributed by atoms with E-state index in [0.29, 0.717) is 5.88 Å². The second-order valence-electron chi connectivity index (χ2n) is 2.74. The third kappa shape index (κ3) is 1.50. The van der Waals surface area contributed by atoms with Gasteiger partial charge in [-0.3, -0.25) is 0 Å². The number of thiophene rings is 1. The van der Waals surface area contributed by atoms with Gasteiger partial charge in [0.2, 0.25) is 0 Å². The van der Waals surface area contributed by atoms with Gasteiger partial charge in [-0.2, -0.15) is 0 Å². The number of fused-ring (bicyclic) bond motifs is 1. The summed E-state index contributed by atoms with van der Waals surface area (Å²) in [6, 6.07) is 5.75. The molecule has 0 saturated heterocycles. The second kappa shape index (κ2) is 3.37. The van der Waals surface area contributed by atoms with E-state index in [9.17, 15) is 0 Å². The summed E-state index contributed by atoms with van der Waals surface area (Å²) in [5.74, 6) is 0.431. The van der Waals surface area contributed by atoms with Crippen molar-refractivity contribution in [1.29, 1.82) is 0 Å². The highest BCUT2D eigenvalue weighted by molar-refractivity contribution is 7.22. The number of alkyl halides is 1. The van der Waals surface area contributed by atoms with Gasteiger partial charge >= 0.3 is 0 Å². The number of nitrogen functional groups attached to an aromatic ring is 1. The molecule has 0 bridgehead atoms. The molecule has 1 nitrogen and oxygen atoms in total. The maximum atomic E-state index is 5.90. The lowest BCUT2D eigenvalue weighted by molar-refractivity contribution is 1.47. The molecule has 0 unspecified atom stereocenters. The van der Waals surface area contributed by atoms with Gasteiger partial charge in [0.25, 0.3) is 0 Å². The van der Waals surface area contributed by atoms with E-state index in [1.807, 2.05) is 18.2 Å². The zero-order valence-electron chi connectivity index (χ0n) is 6.68. The predicted octanol–water partition coefficient (Wildman–Crippen LogP) is 3.88. The van der Waals surface area contributed by atoms with Crippen molar-refractivity contribution in [1.82, 2.24) is 0 Å². The van der Waals surface area contributed by atoms with E-state index in [1.54, 1.807) is 0 Å². The standard InChI is InChI=1S/C9H7Cl2NS/c10-4-6-7(12)2-1-5-3-8(11)13-9(5)6/h1-3H,4,12H2. The molecule has 13 heavy (non-hydrogen) atoms. The molecule has 0 spiro atoms. The first-order valence-electron chi connectivity index (χ1n) is 3.74. The quantitative estimate of drug-likeness (QED) is 0.586. The number of benzene rings is 1. The van der Waals surface area contributed by atoms with Gasteiger partial charge in [0.1, 0.15) is 0 Å². The van der Waals surface area contributed by atoms with Gasteiger partial charge in [0.15, 0.2) is 0 Å². The predicted molar refractivity (Wildman–Crippen MR) is 60.8 cm³/mol. The molecule has 1 heterocycles. The molecule has 1 aromatic carbocycles. The zero-order valence-corrected chi connectivity index (χ0v) is 9.01. The molecule has 1 aromatic heterocycles. The first-order valence-corrected chi connectivity index (χ1v) is 5.47. The summed E-state index contributed by atoms with van der Waals surface area (Å²) >= 11 is 13.2. The van der Waals surface area contributed by atoms with Crippen molar-refractivity contribution < 1.29 is 0 Å². The SMILES string of the molecule is Nc1ccc2cc(Cl)sc2c1CCl. The lowest BCUT2D eigenvalue weighted by Crippen LogP contribution is -1.90. The van der Waals surface area contributed by atoms with Gasteiger partial charge in [0.05, 0.1) is 10.2 Å². The van der Waals surface area contributed by atoms with Crippen LogP contribution in [-0.4, -0.2) is 0 Å². The van der Waals surface area contributed by atoms with Crippen LogP contribution in [0.5, 0.6) is 0 Å². The summed E-state index contributed by atoms with van der Waals surface area (Å²) in [7, 11) is 0. The Labute approximate surface area is 90.1 Å². The highest BCUT2D eigenvalue weighted by Gasteiger charge is 2.07. The van der Waals surface area contributed by atoms with Gasteiger partial charge in [0, 0.05) is 16.0 Å². The summed E-state index contributed by atoms with van der Waals surface area (Å²) in [5, 5.41) is 1.11. The smallest absolute Gasteiger partial charge is 0.0941 e. The molecule has 0 aliphatic heterocycles. The normalized spacial score (nSPS) is 10.9. The summed E-state index contributed by atoms with van der Waals surface area (Å²) in [5.41, 5.74) is 7.51. The third-order valence-electron chi connectivity index (χ3n) is 1.93. The van der Waals surface area contributed by atoms with Crippen LogP contribution in [0, 0.1) is 0 Å². The average molecular weight is 232 g/mol. The van der Waals surface area contributed by atoms with Crippen molar-refractivity contribution in [3.63, 3.8) is 0 Å². The molecule has 4 heteroatoms. The Balaban J connectivity index is 2.82.